The molecule has 2 aliphatic rings. The van der Waals surface area contributed by atoms with Crippen LogP contribution >= 0.6 is 0 Å². The van der Waals surface area contributed by atoms with E-state index in [2.05, 4.69) is 30.4 Å². The van der Waals surface area contributed by atoms with Gasteiger partial charge in [0.2, 0.25) is 6.79 Å². The molecule has 0 bridgehead atoms. The summed E-state index contributed by atoms with van der Waals surface area (Å²) in [6, 6.07) is 19.8. The Kier molecular flexibility index (Phi) is 5.41. The number of rotatable bonds is 7. The van der Waals surface area contributed by atoms with Crippen LogP contribution in [-0.4, -0.2) is 25.5 Å². The molecule has 1 N–H and O–H groups in total. The summed E-state index contributed by atoms with van der Waals surface area (Å²) in [5.41, 5.74) is 5.45. The van der Waals surface area contributed by atoms with Gasteiger partial charge in [-0.15, -0.1) is 0 Å². The first kappa shape index (κ1) is 21.3. The summed E-state index contributed by atoms with van der Waals surface area (Å²) < 4.78 is 10.9. The molecule has 33 heavy (non-hydrogen) atoms. The lowest BCUT2D eigenvalue weighted by molar-refractivity contribution is -0.120. The SMILES string of the molecule is CCc1ccc(CC(=O)C2(c3ccc4c(c3)OCO4)CC2)cc1-c1cccc(C(=O)NC)c1.[HH]. The summed E-state index contributed by atoms with van der Waals surface area (Å²) in [7, 11) is 1.63. The molecule has 5 heteroatoms. The highest BCUT2D eigenvalue weighted by Gasteiger charge is 2.50. The fourth-order valence-corrected chi connectivity index (χ4v) is 4.69. The van der Waals surface area contributed by atoms with Gasteiger partial charge in [-0.1, -0.05) is 43.3 Å². The van der Waals surface area contributed by atoms with Gasteiger partial charge in [-0.3, -0.25) is 9.59 Å². The van der Waals surface area contributed by atoms with Crippen molar-refractivity contribution in [2.45, 2.75) is 38.0 Å². The molecule has 1 aliphatic heterocycles. The van der Waals surface area contributed by atoms with Gasteiger partial charge in [0, 0.05) is 20.5 Å². The van der Waals surface area contributed by atoms with Crippen molar-refractivity contribution < 1.29 is 20.5 Å². The lowest BCUT2D eigenvalue weighted by Crippen LogP contribution is -2.22. The zero-order valence-corrected chi connectivity index (χ0v) is 18.9. The Hall–Kier alpha value is -3.60. The molecule has 0 spiro atoms. The van der Waals surface area contributed by atoms with Crippen molar-refractivity contribution in [1.82, 2.24) is 5.32 Å². The number of nitrogens with one attached hydrogen (secondary N) is 1. The fourth-order valence-electron chi connectivity index (χ4n) is 4.69. The summed E-state index contributed by atoms with van der Waals surface area (Å²) in [6.07, 6.45) is 2.97. The number of benzene rings is 3. The summed E-state index contributed by atoms with van der Waals surface area (Å²) in [4.78, 5) is 25.6. The lowest BCUT2D eigenvalue weighted by atomic mass is 9.86. The van der Waals surface area contributed by atoms with Crippen LogP contribution in [-0.2, 0) is 23.1 Å². The van der Waals surface area contributed by atoms with Crippen molar-refractivity contribution in [1.29, 1.82) is 0 Å². The maximum Gasteiger partial charge on any atom is 0.251 e. The van der Waals surface area contributed by atoms with Crippen LogP contribution in [0.2, 0.25) is 0 Å². The van der Waals surface area contributed by atoms with Gasteiger partial charge in [-0.05, 0) is 71.3 Å². The first-order chi connectivity index (χ1) is 16.0. The van der Waals surface area contributed by atoms with Crippen LogP contribution in [0.4, 0.5) is 0 Å². The number of ether oxygens (including phenoxy) is 2. The van der Waals surface area contributed by atoms with E-state index < -0.39 is 5.41 Å². The molecule has 5 nitrogen and oxygen atoms in total. The van der Waals surface area contributed by atoms with Crippen LogP contribution in [0.25, 0.3) is 11.1 Å². The molecule has 0 atom stereocenters. The molecule has 0 aromatic heterocycles. The van der Waals surface area contributed by atoms with E-state index >= 15 is 0 Å². The average molecular weight is 444 g/mol. The van der Waals surface area contributed by atoms with Gasteiger partial charge in [-0.25, -0.2) is 0 Å². The third-order valence-electron chi connectivity index (χ3n) is 6.79. The maximum absolute atomic E-state index is 13.5. The minimum absolute atomic E-state index is 0. The number of carbonyl (C=O) groups excluding carboxylic acids is 2. The lowest BCUT2D eigenvalue weighted by Gasteiger charge is -2.17. The van der Waals surface area contributed by atoms with E-state index in [-0.39, 0.29) is 19.9 Å². The van der Waals surface area contributed by atoms with E-state index in [0.717, 1.165) is 53.0 Å². The van der Waals surface area contributed by atoms with Gasteiger partial charge in [0.25, 0.3) is 5.91 Å². The topological polar surface area (TPSA) is 64.6 Å². The van der Waals surface area contributed by atoms with Crippen molar-refractivity contribution in [3.63, 3.8) is 0 Å². The maximum atomic E-state index is 13.5. The van der Waals surface area contributed by atoms with Crippen LogP contribution in [0.3, 0.4) is 0 Å². The highest BCUT2D eigenvalue weighted by atomic mass is 16.7. The Morgan fingerprint density at radius 2 is 1.82 bits per heavy atom. The van der Waals surface area contributed by atoms with Gasteiger partial charge >= 0.3 is 0 Å². The second-order valence-corrected chi connectivity index (χ2v) is 8.76. The highest BCUT2D eigenvalue weighted by Crippen LogP contribution is 2.51. The molecule has 3 aromatic carbocycles. The Labute approximate surface area is 195 Å². The molecule has 0 unspecified atom stereocenters. The summed E-state index contributed by atoms with van der Waals surface area (Å²) in [5, 5.41) is 2.68. The number of hydrogen-bond donors (Lipinski definition) is 1. The van der Waals surface area contributed by atoms with Crippen molar-refractivity contribution in [2.75, 3.05) is 13.8 Å². The molecule has 1 aliphatic carbocycles. The average Bonchev–Trinajstić information content (AvgIpc) is 3.54. The van der Waals surface area contributed by atoms with Crippen LogP contribution in [0, 0.1) is 0 Å². The Morgan fingerprint density at radius 3 is 2.58 bits per heavy atom. The zero-order chi connectivity index (χ0) is 23.0. The smallest absolute Gasteiger partial charge is 0.251 e. The monoisotopic (exact) mass is 443 g/mol. The van der Waals surface area contributed by atoms with Gasteiger partial charge in [0.1, 0.15) is 5.78 Å². The third-order valence-corrected chi connectivity index (χ3v) is 6.79. The van der Waals surface area contributed by atoms with Crippen LogP contribution in [0.1, 0.15) is 48.2 Å². The summed E-state index contributed by atoms with van der Waals surface area (Å²) in [5.74, 6) is 1.58. The zero-order valence-electron chi connectivity index (χ0n) is 18.9. The number of fused-ring (bicyclic) bond motifs is 1. The minimum atomic E-state index is -0.427. The number of aryl methyl sites for hydroxylation is 1. The molecular formula is C28H29NO4. The molecule has 5 rings (SSSR count). The second-order valence-electron chi connectivity index (χ2n) is 8.76. The second kappa shape index (κ2) is 8.39. The Bertz CT molecular complexity index is 1250. The van der Waals surface area contributed by atoms with E-state index in [4.69, 9.17) is 9.47 Å². The summed E-state index contributed by atoms with van der Waals surface area (Å²) in [6.45, 7) is 2.35. The molecule has 0 saturated heterocycles. The number of amides is 1. The normalized spacial score (nSPS) is 15.2. The molecule has 0 radical (unpaired) electrons. The van der Waals surface area contributed by atoms with Crippen molar-refractivity contribution >= 4 is 11.7 Å². The number of hydrogen-bond acceptors (Lipinski definition) is 4. The van der Waals surface area contributed by atoms with Crippen molar-refractivity contribution in [2.24, 2.45) is 0 Å². The van der Waals surface area contributed by atoms with Crippen LogP contribution in [0.15, 0.2) is 60.7 Å². The Balaban J connectivity index is 0.00000274. The minimum Gasteiger partial charge on any atom is -0.454 e. The molecule has 3 aromatic rings. The van der Waals surface area contributed by atoms with Gasteiger partial charge < -0.3 is 14.8 Å². The predicted octanol–water partition coefficient (Wildman–Crippen LogP) is 5.09. The van der Waals surface area contributed by atoms with Crippen molar-refractivity contribution in [3.05, 3.63) is 82.9 Å². The quantitative estimate of drug-likeness (QED) is 0.552. The Morgan fingerprint density at radius 1 is 1.00 bits per heavy atom. The number of Topliss-reactive ketones (excluding diaryl/α,β-unsaturated/α-hetero) is 1. The predicted molar refractivity (Wildman–Crippen MR) is 129 cm³/mol. The van der Waals surface area contributed by atoms with E-state index in [9.17, 15) is 9.59 Å². The van der Waals surface area contributed by atoms with Crippen LogP contribution in [0.5, 0.6) is 11.5 Å². The standard InChI is InChI=1S/C28H27NO4.H2/c1-3-19-8-7-18(13-23(19)20-5-4-6-21(15-20)27(31)29-2)14-26(30)28(11-12-28)22-9-10-24-25(16-22)33-17-32-24;/h4-10,13,15-16H,3,11-12,14,17H2,1-2H3,(H,29,31);1H. The fraction of sp³-hybridized carbons (Fsp3) is 0.286. The van der Waals surface area contributed by atoms with Crippen LogP contribution < -0.4 is 14.8 Å². The first-order valence-electron chi connectivity index (χ1n) is 11.4. The van der Waals surface area contributed by atoms with E-state index in [1.54, 1.807) is 7.05 Å². The van der Waals surface area contributed by atoms with E-state index in [1.165, 1.54) is 5.56 Å². The summed E-state index contributed by atoms with van der Waals surface area (Å²) >= 11 is 0. The third kappa shape index (κ3) is 3.88. The molecule has 1 saturated carbocycles. The van der Waals surface area contributed by atoms with E-state index in [1.807, 2.05) is 42.5 Å². The number of carbonyl (C=O) groups is 2. The molecule has 1 amide bonds. The van der Waals surface area contributed by atoms with Gasteiger partial charge in [-0.2, -0.15) is 0 Å². The van der Waals surface area contributed by atoms with Gasteiger partial charge in [0.05, 0.1) is 5.41 Å². The molecule has 1 heterocycles. The first-order valence-corrected chi connectivity index (χ1v) is 11.4. The largest absolute Gasteiger partial charge is 0.454 e. The molecular weight excluding hydrogens is 414 g/mol. The highest BCUT2D eigenvalue weighted by molar-refractivity contribution is 5.96. The van der Waals surface area contributed by atoms with E-state index in [0.29, 0.717) is 12.0 Å². The molecule has 170 valence electrons. The van der Waals surface area contributed by atoms with Crippen molar-refractivity contribution in [3.8, 4) is 22.6 Å². The molecule has 1 fully saturated rings. The van der Waals surface area contributed by atoms with Gasteiger partial charge in [0.15, 0.2) is 11.5 Å². The number of ketones is 1.